The molecule has 1 aromatic carbocycles. The largest absolute Gasteiger partial charge is 0.481 e. The highest BCUT2D eigenvalue weighted by Crippen LogP contribution is 2.30. The zero-order valence-corrected chi connectivity index (χ0v) is 13.4. The maximum Gasteiger partial charge on any atom is 0.306 e. The van der Waals surface area contributed by atoms with Crippen molar-refractivity contribution in [1.82, 2.24) is 4.72 Å². The lowest BCUT2D eigenvalue weighted by molar-refractivity contribution is -0.143. The average molecular weight is 352 g/mol. The normalized spacial score (nSPS) is 23.0. The van der Waals surface area contributed by atoms with Gasteiger partial charge in [-0.2, -0.15) is 0 Å². The quantitative estimate of drug-likeness (QED) is 0.873. The van der Waals surface area contributed by atoms with E-state index in [1.165, 1.54) is 18.2 Å². The molecule has 0 amide bonds. The Morgan fingerprint density at radius 1 is 1.29 bits per heavy atom. The van der Waals surface area contributed by atoms with Gasteiger partial charge >= 0.3 is 5.97 Å². The molecular weight excluding hydrogens is 337 g/mol. The molecule has 2 N–H and O–H groups in total. The summed E-state index contributed by atoms with van der Waals surface area (Å²) in [5, 5.41) is 9.16. The Bertz CT molecular complexity index is 648. The van der Waals surface area contributed by atoms with Crippen LogP contribution in [-0.4, -0.2) is 25.5 Å². The standard InChI is InChI=1S/C13H15Cl2NO4S/c14-10-5-2-6-11(12(10)15)21(19,20)16-9-4-1-3-8(7-9)13(17)18/h2,5-6,8-9,16H,1,3-4,7H2,(H,17,18). The molecule has 0 saturated heterocycles. The number of hydrogen-bond acceptors (Lipinski definition) is 3. The zero-order valence-electron chi connectivity index (χ0n) is 11.1. The molecule has 1 aliphatic carbocycles. The Balaban J connectivity index is 2.18. The maximum absolute atomic E-state index is 12.3. The predicted molar refractivity (Wildman–Crippen MR) is 80.2 cm³/mol. The minimum absolute atomic E-state index is 0.0303. The van der Waals surface area contributed by atoms with Crippen LogP contribution in [0.15, 0.2) is 23.1 Å². The van der Waals surface area contributed by atoms with E-state index in [0.29, 0.717) is 19.3 Å². The van der Waals surface area contributed by atoms with Crippen molar-refractivity contribution < 1.29 is 18.3 Å². The van der Waals surface area contributed by atoms with Gasteiger partial charge in [-0.15, -0.1) is 0 Å². The Kier molecular flexibility index (Phi) is 5.14. The van der Waals surface area contributed by atoms with E-state index in [4.69, 9.17) is 28.3 Å². The van der Waals surface area contributed by atoms with E-state index >= 15 is 0 Å². The number of benzene rings is 1. The van der Waals surface area contributed by atoms with Crippen molar-refractivity contribution in [2.75, 3.05) is 0 Å². The maximum atomic E-state index is 12.3. The molecule has 0 bridgehead atoms. The summed E-state index contributed by atoms with van der Waals surface area (Å²) in [6.07, 6.45) is 2.15. The Morgan fingerprint density at radius 3 is 2.67 bits per heavy atom. The molecule has 1 saturated carbocycles. The lowest BCUT2D eigenvalue weighted by Gasteiger charge is -2.27. The molecule has 0 radical (unpaired) electrons. The summed E-state index contributed by atoms with van der Waals surface area (Å²) < 4.78 is 27.2. The van der Waals surface area contributed by atoms with Gasteiger partial charge in [-0.25, -0.2) is 13.1 Å². The lowest BCUT2D eigenvalue weighted by atomic mass is 9.86. The third-order valence-electron chi connectivity index (χ3n) is 3.55. The molecule has 21 heavy (non-hydrogen) atoms. The van der Waals surface area contributed by atoms with Crippen LogP contribution in [0.4, 0.5) is 0 Å². The fourth-order valence-corrected chi connectivity index (χ4v) is 4.54. The first-order chi connectivity index (χ1) is 9.81. The first kappa shape index (κ1) is 16.5. The minimum atomic E-state index is -3.82. The number of sulfonamides is 1. The molecule has 0 aliphatic heterocycles. The van der Waals surface area contributed by atoms with E-state index in [1.807, 2.05) is 0 Å². The number of hydrogen-bond donors (Lipinski definition) is 2. The van der Waals surface area contributed by atoms with E-state index in [2.05, 4.69) is 4.72 Å². The molecule has 1 aromatic rings. The molecule has 0 heterocycles. The number of rotatable bonds is 4. The molecule has 2 unspecified atom stereocenters. The van der Waals surface area contributed by atoms with Crippen LogP contribution in [0.3, 0.4) is 0 Å². The van der Waals surface area contributed by atoms with Crippen LogP contribution < -0.4 is 4.72 Å². The van der Waals surface area contributed by atoms with Crippen LogP contribution in [0.25, 0.3) is 0 Å². The molecule has 5 nitrogen and oxygen atoms in total. The van der Waals surface area contributed by atoms with Gasteiger partial charge in [-0.1, -0.05) is 35.7 Å². The number of halogens is 2. The predicted octanol–water partition coefficient (Wildman–Crippen LogP) is 2.92. The summed E-state index contributed by atoms with van der Waals surface area (Å²) in [5.74, 6) is -1.40. The fraction of sp³-hybridized carbons (Fsp3) is 0.462. The summed E-state index contributed by atoms with van der Waals surface area (Å²) in [7, 11) is -3.82. The third kappa shape index (κ3) is 3.88. The second-order valence-electron chi connectivity index (χ2n) is 5.07. The Hall–Kier alpha value is -0.820. The van der Waals surface area contributed by atoms with Crippen LogP contribution >= 0.6 is 23.2 Å². The van der Waals surface area contributed by atoms with Gasteiger partial charge in [0.25, 0.3) is 0 Å². The zero-order chi connectivity index (χ0) is 15.6. The van der Waals surface area contributed by atoms with Gasteiger partial charge in [0.1, 0.15) is 4.90 Å². The lowest BCUT2D eigenvalue weighted by Crippen LogP contribution is -2.39. The van der Waals surface area contributed by atoms with Crippen molar-refractivity contribution in [1.29, 1.82) is 0 Å². The first-order valence-corrected chi connectivity index (χ1v) is 8.74. The van der Waals surface area contributed by atoms with Crippen LogP contribution in [-0.2, 0) is 14.8 Å². The highest BCUT2D eigenvalue weighted by Gasteiger charge is 2.30. The molecule has 2 rings (SSSR count). The van der Waals surface area contributed by atoms with Crippen LogP contribution in [0.5, 0.6) is 0 Å². The smallest absolute Gasteiger partial charge is 0.306 e. The van der Waals surface area contributed by atoms with E-state index in [1.54, 1.807) is 0 Å². The molecular formula is C13H15Cl2NO4S. The van der Waals surface area contributed by atoms with Crippen LogP contribution in [0, 0.1) is 5.92 Å². The molecule has 1 aliphatic rings. The van der Waals surface area contributed by atoms with E-state index in [9.17, 15) is 13.2 Å². The molecule has 0 aromatic heterocycles. The van der Waals surface area contributed by atoms with Crippen molar-refractivity contribution in [3.63, 3.8) is 0 Å². The minimum Gasteiger partial charge on any atom is -0.481 e. The SMILES string of the molecule is O=C(O)C1CCCC(NS(=O)(=O)c2cccc(Cl)c2Cl)C1. The number of nitrogens with one attached hydrogen (secondary N) is 1. The number of carboxylic acids is 1. The second kappa shape index (κ2) is 6.52. The first-order valence-electron chi connectivity index (χ1n) is 6.50. The molecule has 0 spiro atoms. The second-order valence-corrected chi connectivity index (χ2v) is 7.54. The van der Waals surface area contributed by atoms with Crippen molar-refractivity contribution in [3.05, 3.63) is 28.2 Å². The van der Waals surface area contributed by atoms with Gasteiger partial charge < -0.3 is 5.11 Å². The Labute approximate surface area is 133 Å². The summed E-state index contributed by atoms with van der Waals surface area (Å²) in [4.78, 5) is 10.9. The van der Waals surface area contributed by atoms with Crippen molar-refractivity contribution in [2.45, 2.75) is 36.6 Å². The van der Waals surface area contributed by atoms with Crippen LogP contribution in [0.2, 0.25) is 10.0 Å². The monoisotopic (exact) mass is 351 g/mol. The molecule has 1 fully saturated rings. The van der Waals surface area contributed by atoms with Gasteiger partial charge in [-0.3, -0.25) is 4.79 Å². The van der Waals surface area contributed by atoms with Gasteiger partial charge in [0.2, 0.25) is 10.0 Å². The summed E-state index contributed by atoms with van der Waals surface area (Å²) in [6.45, 7) is 0. The number of aliphatic carboxylic acids is 1. The van der Waals surface area contributed by atoms with E-state index in [-0.39, 0.29) is 21.4 Å². The molecule has 116 valence electrons. The number of carboxylic acid groups (broad SMARTS) is 1. The Morgan fingerprint density at radius 2 is 2.00 bits per heavy atom. The molecule has 2 atom stereocenters. The van der Waals surface area contributed by atoms with E-state index in [0.717, 1.165) is 0 Å². The van der Waals surface area contributed by atoms with Gasteiger partial charge in [-0.05, 0) is 31.4 Å². The van der Waals surface area contributed by atoms with E-state index < -0.39 is 28.0 Å². The third-order valence-corrected chi connectivity index (χ3v) is 6.04. The van der Waals surface area contributed by atoms with Crippen molar-refractivity contribution in [2.24, 2.45) is 5.92 Å². The van der Waals surface area contributed by atoms with Gasteiger partial charge in [0.05, 0.1) is 16.0 Å². The summed E-state index contributed by atoms with van der Waals surface area (Å²) in [6, 6.07) is 3.97. The number of carbonyl (C=O) groups is 1. The topological polar surface area (TPSA) is 83.5 Å². The summed E-state index contributed by atoms with van der Waals surface area (Å²) >= 11 is 11.8. The van der Waals surface area contributed by atoms with Crippen molar-refractivity contribution in [3.8, 4) is 0 Å². The van der Waals surface area contributed by atoms with Crippen LogP contribution in [0.1, 0.15) is 25.7 Å². The highest BCUT2D eigenvalue weighted by atomic mass is 35.5. The summed E-state index contributed by atoms with van der Waals surface area (Å²) in [5.41, 5.74) is 0. The highest BCUT2D eigenvalue weighted by molar-refractivity contribution is 7.89. The molecule has 8 heteroatoms. The average Bonchev–Trinajstić information content (AvgIpc) is 2.41. The van der Waals surface area contributed by atoms with Gasteiger partial charge in [0, 0.05) is 6.04 Å². The van der Waals surface area contributed by atoms with Crippen molar-refractivity contribution >= 4 is 39.2 Å². The van der Waals surface area contributed by atoms with Gasteiger partial charge in [0.15, 0.2) is 0 Å². The fourth-order valence-electron chi connectivity index (χ4n) is 2.50.